The van der Waals surface area contributed by atoms with E-state index in [1.807, 2.05) is 36.4 Å². The molecule has 0 saturated heterocycles. The Bertz CT molecular complexity index is 824. The number of carbonyl (C=O) groups is 1. The Morgan fingerprint density at radius 1 is 1.21 bits per heavy atom. The maximum Gasteiger partial charge on any atom is 0.257 e. The number of hydrogen-bond acceptors (Lipinski definition) is 5. The Morgan fingerprint density at radius 3 is 2.71 bits per heavy atom. The first-order chi connectivity index (χ1) is 11.6. The van der Waals surface area contributed by atoms with Crippen LogP contribution < -0.4 is 10.1 Å². The van der Waals surface area contributed by atoms with E-state index in [1.165, 1.54) is 0 Å². The third-order valence-electron chi connectivity index (χ3n) is 3.48. The molecule has 1 N–H and O–H groups in total. The number of benzene rings is 1. The fraction of sp³-hybridized carbons (Fsp3) is 0.167. The van der Waals surface area contributed by atoms with Crippen LogP contribution in [0.4, 0.5) is 0 Å². The Hall–Kier alpha value is -3.15. The van der Waals surface area contributed by atoms with Crippen molar-refractivity contribution in [2.45, 2.75) is 20.4 Å². The van der Waals surface area contributed by atoms with Crippen LogP contribution in [0, 0.1) is 13.8 Å². The van der Waals surface area contributed by atoms with E-state index in [1.54, 1.807) is 26.1 Å². The smallest absolute Gasteiger partial charge is 0.257 e. The van der Waals surface area contributed by atoms with Gasteiger partial charge in [0, 0.05) is 18.8 Å². The molecule has 0 saturated carbocycles. The van der Waals surface area contributed by atoms with Crippen molar-refractivity contribution < 1.29 is 14.1 Å². The molecular weight excluding hydrogens is 306 g/mol. The van der Waals surface area contributed by atoms with Gasteiger partial charge in [-0.2, -0.15) is 0 Å². The predicted molar refractivity (Wildman–Crippen MR) is 87.9 cm³/mol. The van der Waals surface area contributed by atoms with Crippen molar-refractivity contribution in [3.8, 4) is 11.6 Å². The largest absolute Gasteiger partial charge is 0.439 e. The molecule has 6 heteroatoms. The van der Waals surface area contributed by atoms with E-state index in [-0.39, 0.29) is 5.91 Å². The summed E-state index contributed by atoms with van der Waals surface area (Å²) in [5.74, 6) is 1.48. The first kappa shape index (κ1) is 15.7. The highest BCUT2D eigenvalue weighted by atomic mass is 16.5. The molecule has 6 nitrogen and oxygen atoms in total. The van der Waals surface area contributed by atoms with Crippen molar-refractivity contribution in [3.05, 3.63) is 71.2 Å². The molecule has 3 rings (SSSR count). The molecule has 2 heterocycles. The van der Waals surface area contributed by atoms with Gasteiger partial charge in [0.05, 0.1) is 5.69 Å². The number of hydrogen-bond donors (Lipinski definition) is 1. The van der Waals surface area contributed by atoms with Crippen LogP contribution in [-0.4, -0.2) is 16.0 Å². The van der Waals surface area contributed by atoms with Crippen LogP contribution in [0.1, 0.15) is 27.4 Å². The first-order valence-corrected chi connectivity index (χ1v) is 7.52. The van der Waals surface area contributed by atoms with Crippen molar-refractivity contribution in [1.29, 1.82) is 0 Å². The van der Waals surface area contributed by atoms with Gasteiger partial charge in [0.25, 0.3) is 5.91 Å². The first-order valence-electron chi connectivity index (χ1n) is 7.52. The van der Waals surface area contributed by atoms with Crippen molar-refractivity contribution in [2.75, 3.05) is 0 Å². The van der Waals surface area contributed by atoms with Gasteiger partial charge in [0.15, 0.2) is 0 Å². The second-order valence-corrected chi connectivity index (χ2v) is 5.30. The lowest BCUT2D eigenvalue weighted by Crippen LogP contribution is -2.23. The average molecular weight is 323 g/mol. The molecule has 0 radical (unpaired) electrons. The molecule has 2 aromatic heterocycles. The molecule has 122 valence electrons. The van der Waals surface area contributed by atoms with Gasteiger partial charge in [-0.1, -0.05) is 23.4 Å². The molecule has 1 amide bonds. The van der Waals surface area contributed by atoms with E-state index in [2.05, 4.69) is 15.5 Å². The summed E-state index contributed by atoms with van der Waals surface area (Å²) in [7, 11) is 0. The quantitative estimate of drug-likeness (QED) is 0.778. The number of nitrogens with zero attached hydrogens (tertiary/aromatic N) is 2. The normalized spacial score (nSPS) is 10.4. The summed E-state index contributed by atoms with van der Waals surface area (Å²) in [6.07, 6.45) is 1.65. The number of para-hydroxylation sites is 1. The van der Waals surface area contributed by atoms with Crippen molar-refractivity contribution in [3.63, 3.8) is 0 Å². The molecule has 0 aliphatic rings. The summed E-state index contributed by atoms with van der Waals surface area (Å²) < 4.78 is 10.7. The summed E-state index contributed by atoms with van der Waals surface area (Å²) in [5, 5.41) is 6.64. The molecule has 0 aliphatic carbocycles. The van der Waals surface area contributed by atoms with Crippen LogP contribution >= 0.6 is 0 Å². The SMILES string of the molecule is Cc1noc(C)c1C(=O)NCc1ccnc(Oc2ccccc2)c1. The van der Waals surface area contributed by atoms with Gasteiger partial charge in [0.1, 0.15) is 17.1 Å². The van der Waals surface area contributed by atoms with Crippen LogP contribution in [0.5, 0.6) is 11.6 Å². The Morgan fingerprint density at radius 2 is 2.00 bits per heavy atom. The number of aromatic nitrogens is 2. The van der Waals surface area contributed by atoms with Crippen LogP contribution in [0.25, 0.3) is 0 Å². The van der Waals surface area contributed by atoms with Gasteiger partial charge >= 0.3 is 0 Å². The van der Waals surface area contributed by atoms with E-state index in [0.717, 1.165) is 5.56 Å². The summed E-state index contributed by atoms with van der Waals surface area (Å²) in [5.41, 5.74) is 1.94. The average Bonchev–Trinajstić information content (AvgIpc) is 2.93. The highest BCUT2D eigenvalue weighted by Crippen LogP contribution is 2.19. The molecule has 0 spiro atoms. The third kappa shape index (κ3) is 3.60. The minimum atomic E-state index is -0.214. The van der Waals surface area contributed by atoms with E-state index < -0.39 is 0 Å². The van der Waals surface area contributed by atoms with Gasteiger partial charge in [-0.3, -0.25) is 4.79 Å². The fourth-order valence-electron chi connectivity index (χ4n) is 2.30. The molecule has 0 atom stereocenters. The summed E-state index contributed by atoms with van der Waals surface area (Å²) in [6.45, 7) is 3.81. The van der Waals surface area contributed by atoms with Gasteiger partial charge in [-0.25, -0.2) is 4.98 Å². The van der Waals surface area contributed by atoms with Gasteiger partial charge in [0.2, 0.25) is 5.88 Å². The number of pyridine rings is 1. The van der Waals surface area contributed by atoms with Gasteiger partial charge in [-0.05, 0) is 37.6 Å². The minimum absolute atomic E-state index is 0.214. The maximum atomic E-state index is 12.2. The summed E-state index contributed by atoms with van der Waals surface area (Å²) >= 11 is 0. The summed E-state index contributed by atoms with van der Waals surface area (Å²) in [4.78, 5) is 16.4. The second-order valence-electron chi connectivity index (χ2n) is 5.30. The molecule has 0 fully saturated rings. The van der Waals surface area contributed by atoms with Crippen molar-refractivity contribution >= 4 is 5.91 Å². The predicted octanol–water partition coefficient (Wildman–Crippen LogP) is 3.41. The molecule has 3 aromatic rings. The molecule has 24 heavy (non-hydrogen) atoms. The number of rotatable bonds is 5. The van der Waals surface area contributed by atoms with Crippen molar-refractivity contribution in [2.24, 2.45) is 0 Å². The highest BCUT2D eigenvalue weighted by molar-refractivity contribution is 5.96. The Balaban J connectivity index is 1.66. The monoisotopic (exact) mass is 323 g/mol. The number of ether oxygens (including phenoxy) is 1. The second kappa shape index (κ2) is 6.95. The highest BCUT2D eigenvalue weighted by Gasteiger charge is 2.17. The van der Waals surface area contributed by atoms with Crippen LogP contribution in [0.15, 0.2) is 53.2 Å². The van der Waals surface area contributed by atoms with Gasteiger partial charge < -0.3 is 14.6 Å². The lowest BCUT2D eigenvalue weighted by Gasteiger charge is -2.08. The lowest BCUT2D eigenvalue weighted by atomic mass is 10.2. The minimum Gasteiger partial charge on any atom is -0.439 e. The van der Waals surface area contributed by atoms with Crippen LogP contribution in [-0.2, 0) is 6.54 Å². The number of nitrogens with one attached hydrogen (secondary N) is 1. The maximum absolute atomic E-state index is 12.2. The standard InChI is InChI=1S/C18H17N3O3/c1-12-17(13(2)24-21-12)18(22)20-11-14-8-9-19-16(10-14)23-15-6-4-3-5-7-15/h3-10H,11H2,1-2H3,(H,20,22). The molecule has 0 bridgehead atoms. The van der Waals surface area contributed by atoms with Gasteiger partial charge in [-0.15, -0.1) is 0 Å². The zero-order valence-electron chi connectivity index (χ0n) is 13.4. The Labute approximate surface area is 139 Å². The number of aryl methyl sites for hydroxylation is 2. The van der Waals surface area contributed by atoms with Crippen LogP contribution in [0.3, 0.4) is 0 Å². The Kier molecular flexibility index (Phi) is 4.56. The molecule has 0 aliphatic heterocycles. The zero-order valence-corrected chi connectivity index (χ0v) is 13.4. The number of amides is 1. The van der Waals surface area contributed by atoms with E-state index >= 15 is 0 Å². The lowest BCUT2D eigenvalue weighted by molar-refractivity contribution is 0.0949. The van der Waals surface area contributed by atoms with E-state index in [9.17, 15) is 4.79 Å². The topological polar surface area (TPSA) is 77.3 Å². The van der Waals surface area contributed by atoms with E-state index in [4.69, 9.17) is 9.26 Å². The van der Waals surface area contributed by atoms with E-state index in [0.29, 0.717) is 35.2 Å². The third-order valence-corrected chi connectivity index (χ3v) is 3.48. The van der Waals surface area contributed by atoms with Crippen LogP contribution in [0.2, 0.25) is 0 Å². The van der Waals surface area contributed by atoms with Crippen molar-refractivity contribution in [1.82, 2.24) is 15.5 Å². The molecule has 1 aromatic carbocycles. The number of carbonyl (C=O) groups excluding carboxylic acids is 1. The molecular formula is C18H17N3O3. The zero-order chi connectivity index (χ0) is 16.9. The fourth-order valence-corrected chi connectivity index (χ4v) is 2.30. The molecule has 0 unspecified atom stereocenters. The summed E-state index contributed by atoms with van der Waals surface area (Å²) in [6, 6.07) is 13.0.